The van der Waals surface area contributed by atoms with Gasteiger partial charge in [0.15, 0.2) is 6.10 Å². The molecule has 1 saturated carbocycles. The Morgan fingerprint density at radius 2 is 2.19 bits per heavy atom. The van der Waals surface area contributed by atoms with Gasteiger partial charge in [-0.05, 0) is 38.0 Å². The molecular weight excluding hydrogens is 294 g/mol. The van der Waals surface area contributed by atoms with Crippen LogP contribution in [-0.2, 0) is 11.3 Å². The summed E-state index contributed by atoms with van der Waals surface area (Å²) in [6, 6.07) is 4.84. The van der Waals surface area contributed by atoms with Crippen LogP contribution in [0.3, 0.4) is 0 Å². The van der Waals surface area contributed by atoms with Crippen molar-refractivity contribution in [2.45, 2.75) is 38.5 Å². The predicted molar refractivity (Wildman–Crippen MR) is 79.1 cm³/mol. The SMILES string of the molecule is CC(Oc1ccc(Cl)cc1CNC1CC1)C(=O)NC(N)=O. The van der Waals surface area contributed by atoms with Gasteiger partial charge in [-0.1, -0.05) is 11.6 Å². The molecule has 1 aliphatic carbocycles. The van der Waals surface area contributed by atoms with Gasteiger partial charge in [0, 0.05) is 23.2 Å². The lowest BCUT2D eigenvalue weighted by molar-refractivity contribution is -0.126. The number of hydrogen-bond acceptors (Lipinski definition) is 4. The van der Waals surface area contributed by atoms with Crippen LogP contribution in [0.2, 0.25) is 5.02 Å². The minimum absolute atomic E-state index is 0.549. The Bertz CT molecular complexity index is 546. The molecule has 1 unspecified atom stereocenters. The van der Waals surface area contributed by atoms with Crippen LogP contribution >= 0.6 is 11.6 Å². The number of ether oxygens (including phenoxy) is 1. The third-order valence-electron chi connectivity index (χ3n) is 3.10. The molecule has 1 fully saturated rings. The molecule has 1 aromatic rings. The number of benzene rings is 1. The first-order chi connectivity index (χ1) is 9.95. The molecule has 4 N–H and O–H groups in total. The van der Waals surface area contributed by atoms with Gasteiger partial charge < -0.3 is 15.8 Å². The summed E-state index contributed by atoms with van der Waals surface area (Å²) < 4.78 is 5.60. The Morgan fingerprint density at radius 1 is 1.48 bits per heavy atom. The molecule has 3 amide bonds. The van der Waals surface area contributed by atoms with Gasteiger partial charge in [0.2, 0.25) is 0 Å². The van der Waals surface area contributed by atoms with Gasteiger partial charge in [-0.2, -0.15) is 0 Å². The summed E-state index contributed by atoms with van der Waals surface area (Å²) >= 11 is 5.99. The maximum atomic E-state index is 11.6. The van der Waals surface area contributed by atoms with E-state index in [1.165, 1.54) is 12.8 Å². The summed E-state index contributed by atoms with van der Waals surface area (Å²) in [6.45, 7) is 2.16. The molecule has 0 spiro atoms. The lowest BCUT2D eigenvalue weighted by Gasteiger charge is -2.17. The van der Waals surface area contributed by atoms with Gasteiger partial charge in [-0.25, -0.2) is 4.79 Å². The van der Waals surface area contributed by atoms with E-state index in [9.17, 15) is 9.59 Å². The summed E-state index contributed by atoms with van der Waals surface area (Å²) in [4.78, 5) is 22.3. The summed E-state index contributed by atoms with van der Waals surface area (Å²) in [5.41, 5.74) is 5.78. The van der Waals surface area contributed by atoms with Crippen molar-refractivity contribution in [1.29, 1.82) is 0 Å². The van der Waals surface area contributed by atoms with E-state index >= 15 is 0 Å². The number of urea groups is 1. The number of amides is 3. The van der Waals surface area contributed by atoms with E-state index in [-0.39, 0.29) is 0 Å². The second kappa shape index (κ2) is 6.78. The monoisotopic (exact) mass is 311 g/mol. The summed E-state index contributed by atoms with van der Waals surface area (Å²) in [6.07, 6.45) is 1.51. The third kappa shape index (κ3) is 4.91. The second-order valence-corrected chi connectivity index (χ2v) is 5.46. The highest BCUT2D eigenvalue weighted by Gasteiger charge is 2.22. The maximum absolute atomic E-state index is 11.6. The molecule has 6 nitrogen and oxygen atoms in total. The highest BCUT2D eigenvalue weighted by Crippen LogP contribution is 2.26. The van der Waals surface area contributed by atoms with Gasteiger partial charge >= 0.3 is 6.03 Å². The molecule has 0 radical (unpaired) electrons. The number of carbonyl (C=O) groups excluding carboxylic acids is 2. The lowest BCUT2D eigenvalue weighted by Crippen LogP contribution is -2.42. The average Bonchev–Trinajstić information content (AvgIpc) is 3.22. The fraction of sp³-hybridized carbons (Fsp3) is 0.429. The Kier molecular flexibility index (Phi) is 5.03. The van der Waals surface area contributed by atoms with E-state index in [1.54, 1.807) is 25.1 Å². The van der Waals surface area contributed by atoms with Crippen molar-refractivity contribution in [1.82, 2.24) is 10.6 Å². The van der Waals surface area contributed by atoms with E-state index in [0.717, 1.165) is 5.56 Å². The van der Waals surface area contributed by atoms with Crippen LogP contribution in [0.25, 0.3) is 0 Å². The molecule has 0 aliphatic heterocycles. The number of primary amides is 1. The third-order valence-corrected chi connectivity index (χ3v) is 3.34. The van der Waals surface area contributed by atoms with Gasteiger partial charge in [0.1, 0.15) is 5.75 Å². The van der Waals surface area contributed by atoms with Crippen LogP contribution in [0.15, 0.2) is 18.2 Å². The zero-order chi connectivity index (χ0) is 15.4. The number of carbonyl (C=O) groups is 2. The first-order valence-corrected chi connectivity index (χ1v) is 7.12. The molecule has 1 aromatic carbocycles. The van der Waals surface area contributed by atoms with Gasteiger partial charge in [-0.15, -0.1) is 0 Å². The van der Waals surface area contributed by atoms with Crippen molar-refractivity contribution in [3.05, 3.63) is 28.8 Å². The fourth-order valence-electron chi connectivity index (χ4n) is 1.81. The largest absolute Gasteiger partial charge is 0.481 e. The first-order valence-electron chi connectivity index (χ1n) is 6.74. The van der Waals surface area contributed by atoms with Crippen molar-refractivity contribution in [2.24, 2.45) is 5.73 Å². The highest BCUT2D eigenvalue weighted by molar-refractivity contribution is 6.30. The molecule has 0 heterocycles. The van der Waals surface area contributed by atoms with Crippen molar-refractivity contribution in [3.63, 3.8) is 0 Å². The zero-order valence-corrected chi connectivity index (χ0v) is 12.4. The number of hydrogen-bond donors (Lipinski definition) is 3. The Balaban J connectivity index is 2.03. The van der Waals surface area contributed by atoms with Crippen LogP contribution in [-0.4, -0.2) is 24.1 Å². The van der Waals surface area contributed by atoms with Crippen LogP contribution in [0.1, 0.15) is 25.3 Å². The minimum Gasteiger partial charge on any atom is -0.481 e. The van der Waals surface area contributed by atoms with Gasteiger partial charge in [0.25, 0.3) is 5.91 Å². The molecular formula is C14H18ClN3O3. The Labute approximate surface area is 128 Å². The lowest BCUT2D eigenvalue weighted by atomic mass is 10.2. The minimum atomic E-state index is -0.901. The summed E-state index contributed by atoms with van der Waals surface area (Å²) in [7, 11) is 0. The van der Waals surface area contributed by atoms with E-state index < -0.39 is 18.0 Å². The standard InChI is InChI=1S/C14H18ClN3O3/c1-8(13(19)18-14(16)20)21-12-5-2-10(15)6-9(12)7-17-11-3-4-11/h2,5-6,8,11,17H,3-4,7H2,1H3,(H3,16,18,19,20). The van der Waals surface area contributed by atoms with Crippen LogP contribution in [0.4, 0.5) is 4.79 Å². The first kappa shape index (κ1) is 15.6. The molecule has 1 aliphatic rings. The van der Waals surface area contributed by atoms with Crippen LogP contribution in [0.5, 0.6) is 5.75 Å². The van der Waals surface area contributed by atoms with E-state index in [0.29, 0.717) is 23.4 Å². The van der Waals surface area contributed by atoms with E-state index in [2.05, 4.69) is 5.32 Å². The average molecular weight is 312 g/mol. The number of halogens is 1. The molecule has 0 aromatic heterocycles. The van der Waals surface area contributed by atoms with Crippen molar-refractivity contribution in [3.8, 4) is 5.75 Å². The summed E-state index contributed by atoms with van der Waals surface area (Å²) in [5, 5.41) is 5.95. The van der Waals surface area contributed by atoms with Crippen molar-refractivity contribution in [2.75, 3.05) is 0 Å². The molecule has 114 valence electrons. The molecule has 0 saturated heterocycles. The number of nitrogens with two attached hydrogens (primary N) is 1. The zero-order valence-electron chi connectivity index (χ0n) is 11.7. The van der Waals surface area contributed by atoms with E-state index in [4.69, 9.17) is 22.1 Å². The van der Waals surface area contributed by atoms with Crippen LogP contribution < -0.4 is 21.1 Å². The van der Waals surface area contributed by atoms with E-state index in [1.807, 2.05) is 5.32 Å². The molecule has 1 atom stereocenters. The normalized spacial score (nSPS) is 15.3. The predicted octanol–water partition coefficient (Wildman–Crippen LogP) is 1.55. The molecule has 21 heavy (non-hydrogen) atoms. The second-order valence-electron chi connectivity index (χ2n) is 5.02. The van der Waals surface area contributed by atoms with Crippen molar-refractivity contribution >= 4 is 23.5 Å². The van der Waals surface area contributed by atoms with Gasteiger partial charge in [0.05, 0.1) is 0 Å². The highest BCUT2D eigenvalue weighted by atomic mass is 35.5. The summed E-state index contributed by atoms with van der Waals surface area (Å²) in [5.74, 6) is -0.0294. The molecule has 7 heteroatoms. The number of imide groups is 1. The number of rotatable bonds is 6. The molecule has 2 rings (SSSR count). The van der Waals surface area contributed by atoms with Crippen LogP contribution in [0, 0.1) is 0 Å². The topological polar surface area (TPSA) is 93.4 Å². The van der Waals surface area contributed by atoms with Crippen molar-refractivity contribution < 1.29 is 14.3 Å². The Morgan fingerprint density at radius 3 is 2.81 bits per heavy atom. The smallest absolute Gasteiger partial charge is 0.318 e. The quantitative estimate of drug-likeness (QED) is 0.743. The molecule has 0 bridgehead atoms. The Hall–Kier alpha value is -1.79. The fourth-order valence-corrected chi connectivity index (χ4v) is 2.00. The van der Waals surface area contributed by atoms with Gasteiger partial charge in [-0.3, -0.25) is 10.1 Å². The maximum Gasteiger partial charge on any atom is 0.318 e. The number of nitrogens with one attached hydrogen (secondary N) is 2.